The average Bonchev–Trinajstić information content (AvgIpc) is 2.62. The molecule has 0 spiro atoms. The molecule has 3 rings (SSSR count). The van der Waals surface area contributed by atoms with Crippen molar-refractivity contribution in [2.75, 3.05) is 43.4 Å². The highest BCUT2D eigenvalue weighted by molar-refractivity contribution is 5.88. The van der Waals surface area contributed by atoms with Crippen LogP contribution in [0.4, 0.5) is 16.3 Å². The van der Waals surface area contributed by atoms with Gasteiger partial charge in [-0.15, -0.1) is 0 Å². The predicted molar refractivity (Wildman–Crippen MR) is 94.0 cm³/mol. The molecule has 7 nitrogen and oxygen atoms in total. The van der Waals surface area contributed by atoms with Crippen LogP contribution in [-0.4, -0.2) is 54.1 Å². The number of hydrogen-bond donors (Lipinski definition) is 2. The smallest absolute Gasteiger partial charge is 0.319 e. The number of urea groups is 1. The zero-order chi connectivity index (χ0) is 16.8. The third-order valence-corrected chi connectivity index (χ3v) is 4.03. The number of pyridine rings is 2. The van der Waals surface area contributed by atoms with Gasteiger partial charge in [0.25, 0.3) is 0 Å². The number of aromatic nitrogens is 2. The van der Waals surface area contributed by atoms with Crippen LogP contribution in [0.3, 0.4) is 0 Å². The van der Waals surface area contributed by atoms with Crippen molar-refractivity contribution < 1.29 is 4.79 Å². The number of hydrogen-bond acceptors (Lipinski definition) is 5. The maximum atomic E-state index is 11.9. The quantitative estimate of drug-likeness (QED) is 0.892. The highest BCUT2D eigenvalue weighted by atomic mass is 16.2. The molecule has 1 saturated heterocycles. The highest BCUT2D eigenvalue weighted by Crippen LogP contribution is 2.13. The molecule has 2 N–H and O–H groups in total. The van der Waals surface area contributed by atoms with E-state index in [1.165, 1.54) is 0 Å². The van der Waals surface area contributed by atoms with Crippen LogP contribution in [0.2, 0.25) is 0 Å². The van der Waals surface area contributed by atoms with Gasteiger partial charge in [-0.05, 0) is 30.8 Å². The summed E-state index contributed by atoms with van der Waals surface area (Å²) < 4.78 is 0. The van der Waals surface area contributed by atoms with Gasteiger partial charge in [0.05, 0.1) is 0 Å². The van der Waals surface area contributed by atoms with Crippen molar-refractivity contribution in [2.24, 2.45) is 0 Å². The Kier molecular flexibility index (Phi) is 5.22. The first-order valence-electron chi connectivity index (χ1n) is 8.04. The van der Waals surface area contributed by atoms with E-state index in [1.54, 1.807) is 24.5 Å². The van der Waals surface area contributed by atoms with E-state index in [1.807, 2.05) is 18.3 Å². The molecule has 1 aliphatic rings. The molecule has 2 amide bonds. The Labute approximate surface area is 141 Å². The molecule has 126 valence electrons. The van der Waals surface area contributed by atoms with Crippen molar-refractivity contribution >= 4 is 17.5 Å². The van der Waals surface area contributed by atoms with E-state index in [2.05, 4.69) is 37.4 Å². The number of piperazine rings is 1. The Hall–Kier alpha value is -2.67. The zero-order valence-electron chi connectivity index (χ0n) is 13.8. The Morgan fingerprint density at radius 3 is 2.54 bits per heavy atom. The minimum absolute atomic E-state index is 0.246. The summed E-state index contributed by atoms with van der Waals surface area (Å²) in [5.74, 6) is 0.994. The molecule has 0 radical (unpaired) electrons. The number of rotatable bonds is 4. The van der Waals surface area contributed by atoms with Gasteiger partial charge in [-0.2, -0.15) is 0 Å². The number of carbonyl (C=O) groups excluding carboxylic acids is 1. The number of amides is 2. The van der Waals surface area contributed by atoms with Gasteiger partial charge in [-0.25, -0.2) is 9.78 Å². The molecule has 24 heavy (non-hydrogen) atoms. The summed E-state index contributed by atoms with van der Waals surface area (Å²) in [7, 11) is 2.14. The third-order valence-electron chi connectivity index (χ3n) is 4.03. The largest absolute Gasteiger partial charge is 0.354 e. The maximum Gasteiger partial charge on any atom is 0.319 e. The molecule has 7 heteroatoms. The van der Waals surface area contributed by atoms with Gasteiger partial charge in [-0.3, -0.25) is 4.98 Å². The molecule has 0 bridgehead atoms. The lowest BCUT2D eigenvalue weighted by Gasteiger charge is -2.33. The molecular formula is C17H22N6O. The van der Waals surface area contributed by atoms with Crippen LogP contribution < -0.4 is 15.5 Å². The van der Waals surface area contributed by atoms with E-state index < -0.39 is 0 Å². The van der Waals surface area contributed by atoms with Crippen LogP contribution in [0.5, 0.6) is 0 Å². The van der Waals surface area contributed by atoms with Gasteiger partial charge in [0.1, 0.15) is 5.82 Å². The molecule has 1 aliphatic heterocycles. The van der Waals surface area contributed by atoms with E-state index >= 15 is 0 Å². The molecule has 0 aromatic carbocycles. The van der Waals surface area contributed by atoms with E-state index in [0.29, 0.717) is 12.2 Å². The zero-order valence-corrected chi connectivity index (χ0v) is 13.8. The van der Waals surface area contributed by atoms with E-state index in [0.717, 1.165) is 37.6 Å². The second kappa shape index (κ2) is 7.74. The number of anilines is 2. The monoisotopic (exact) mass is 326 g/mol. The molecule has 0 atom stereocenters. The fourth-order valence-electron chi connectivity index (χ4n) is 2.54. The number of nitrogens with one attached hydrogen (secondary N) is 2. The van der Waals surface area contributed by atoms with Crippen LogP contribution >= 0.6 is 0 Å². The molecular weight excluding hydrogens is 304 g/mol. The summed E-state index contributed by atoms with van der Waals surface area (Å²) in [5, 5.41) is 5.58. The van der Waals surface area contributed by atoms with Gasteiger partial charge in [0.2, 0.25) is 0 Å². The fourth-order valence-corrected chi connectivity index (χ4v) is 2.54. The summed E-state index contributed by atoms with van der Waals surface area (Å²) >= 11 is 0. The Bertz CT molecular complexity index is 653. The van der Waals surface area contributed by atoms with Crippen molar-refractivity contribution in [3.8, 4) is 0 Å². The SMILES string of the molecule is CN1CCN(c2ccc(CNC(=O)Nc3ccncc3)cn2)CC1. The molecule has 0 unspecified atom stereocenters. The van der Waals surface area contributed by atoms with Crippen LogP contribution in [0.15, 0.2) is 42.9 Å². The average molecular weight is 326 g/mol. The lowest BCUT2D eigenvalue weighted by Crippen LogP contribution is -2.44. The van der Waals surface area contributed by atoms with Crippen molar-refractivity contribution in [2.45, 2.75) is 6.54 Å². The summed E-state index contributed by atoms with van der Waals surface area (Å²) in [4.78, 5) is 24.9. The minimum atomic E-state index is -0.246. The van der Waals surface area contributed by atoms with Crippen LogP contribution in [0.25, 0.3) is 0 Å². The lowest BCUT2D eigenvalue weighted by atomic mass is 10.2. The van der Waals surface area contributed by atoms with E-state index in [-0.39, 0.29) is 6.03 Å². The van der Waals surface area contributed by atoms with Crippen LogP contribution in [-0.2, 0) is 6.54 Å². The first-order valence-corrected chi connectivity index (χ1v) is 8.04. The van der Waals surface area contributed by atoms with E-state index in [9.17, 15) is 4.79 Å². The summed E-state index contributed by atoms with van der Waals surface area (Å²) in [6, 6.07) is 7.26. The van der Waals surface area contributed by atoms with Gasteiger partial charge < -0.3 is 20.4 Å². The topological polar surface area (TPSA) is 73.4 Å². The normalized spacial score (nSPS) is 15.1. The third kappa shape index (κ3) is 4.42. The summed E-state index contributed by atoms with van der Waals surface area (Å²) in [5.41, 5.74) is 1.68. The Morgan fingerprint density at radius 2 is 1.88 bits per heavy atom. The first-order chi connectivity index (χ1) is 11.7. The fraction of sp³-hybridized carbons (Fsp3) is 0.353. The predicted octanol–water partition coefficient (Wildman–Crippen LogP) is 1.55. The summed E-state index contributed by atoms with van der Waals surface area (Å²) in [6.45, 7) is 4.54. The van der Waals surface area contributed by atoms with Crippen LogP contribution in [0, 0.1) is 0 Å². The minimum Gasteiger partial charge on any atom is -0.354 e. The van der Waals surface area contributed by atoms with Gasteiger partial charge in [0, 0.05) is 57.0 Å². The Balaban J connectivity index is 1.48. The van der Waals surface area contributed by atoms with Crippen molar-refractivity contribution in [1.29, 1.82) is 0 Å². The van der Waals surface area contributed by atoms with Crippen molar-refractivity contribution in [3.05, 3.63) is 48.4 Å². The maximum absolute atomic E-state index is 11.9. The van der Waals surface area contributed by atoms with E-state index in [4.69, 9.17) is 0 Å². The number of nitrogens with zero attached hydrogens (tertiary/aromatic N) is 4. The second-order valence-corrected chi connectivity index (χ2v) is 5.86. The summed E-state index contributed by atoms with van der Waals surface area (Å²) in [6.07, 6.45) is 5.09. The molecule has 2 aromatic heterocycles. The highest BCUT2D eigenvalue weighted by Gasteiger charge is 2.14. The Morgan fingerprint density at radius 1 is 1.12 bits per heavy atom. The number of likely N-dealkylation sites (N-methyl/N-ethyl adjacent to an activating group) is 1. The van der Waals surface area contributed by atoms with Crippen LogP contribution in [0.1, 0.15) is 5.56 Å². The number of carbonyl (C=O) groups is 1. The molecule has 1 fully saturated rings. The van der Waals surface area contributed by atoms with Crippen molar-refractivity contribution in [3.63, 3.8) is 0 Å². The molecule has 3 heterocycles. The first kappa shape index (κ1) is 16.2. The van der Waals surface area contributed by atoms with Gasteiger partial charge >= 0.3 is 6.03 Å². The lowest BCUT2D eigenvalue weighted by molar-refractivity contribution is 0.251. The molecule has 0 saturated carbocycles. The standard InChI is InChI=1S/C17H22N6O/c1-22-8-10-23(11-9-22)16-3-2-14(12-19-16)13-20-17(24)21-15-4-6-18-7-5-15/h2-7,12H,8-11,13H2,1H3,(H2,18,20,21,24). The van der Waals surface area contributed by atoms with Crippen molar-refractivity contribution in [1.82, 2.24) is 20.2 Å². The molecule has 2 aromatic rings. The molecule has 0 aliphatic carbocycles. The second-order valence-electron chi connectivity index (χ2n) is 5.86. The van der Waals surface area contributed by atoms with Gasteiger partial charge in [0.15, 0.2) is 0 Å². The van der Waals surface area contributed by atoms with Gasteiger partial charge in [-0.1, -0.05) is 6.07 Å².